The molecule has 0 spiro atoms. The molecule has 0 aromatic carbocycles. The smallest absolute Gasteiger partial charge is 0.272 e. The minimum Gasteiger partial charge on any atom is -0.394 e. The summed E-state index contributed by atoms with van der Waals surface area (Å²) >= 11 is 0. The van der Waals surface area contributed by atoms with E-state index in [0.29, 0.717) is 23.3 Å². The van der Waals surface area contributed by atoms with Gasteiger partial charge in [0.05, 0.1) is 23.2 Å². The molecule has 2 aromatic rings. The molecule has 0 saturated heterocycles. The number of amides is 1. The van der Waals surface area contributed by atoms with Gasteiger partial charge in [-0.1, -0.05) is 20.8 Å². The van der Waals surface area contributed by atoms with Gasteiger partial charge in [-0.2, -0.15) is 5.10 Å². The molecule has 0 bridgehead atoms. The van der Waals surface area contributed by atoms with E-state index in [1.807, 2.05) is 20.8 Å². The zero-order chi connectivity index (χ0) is 21.1. The van der Waals surface area contributed by atoms with Gasteiger partial charge in [-0.25, -0.2) is 18.1 Å². The second kappa shape index (κ2) is 6.63. The zero-order valence-electron chi connectivity index (χ0n) is 17.0. The van der Waals surface area contributed by atoms with Crippen molar-refractivity contribution in [3.05, 3.63) is 35.3 Å². The predicted octanol–water partition coefficient (Wildman–Crippen LogP) is 1.47. The van der Waals surface area contributed by atoms with Gasteiger partial charge in [-0.3, -0.25) is 4.79 Å². The quantitative estimate of drug-likeness (QED) is 0.760. The molecule has 29 heavy (non-hydrogen) atoms. The maximum absolute atomic E-state index is 13.0. The molecule has 2 aliphatic carbocycles. The van der Waals surface area contributed by atoms with E-state index in [-0.39, 0.29) is 22.8 Å². The van der Waals surface area contributed by atoms with Crippen LogP contribution in [-0.4, -0.2) is 53.1 Å². The van der Waals surface area contributed by atoms with Crippen LogP contribution in [0.4, 0.5) is 0 Å². The van der Waals surface area contributed by atoms with E-state index in [9.17, 15) is 18.3 Å². The summed E-state index contributed by atoms with van der Waals surface area (Å²) in [6.45, 7) is 5.69. The van der Waals surface area contributed by atoms with Gasteiger partial charge < -0.3 is 10.4 Å². The van der Waals surface area contributed by atoms with Crippen LogP contribution in [0.25, 0.3) is 5.82 Å². The third-order valence-electron chi connectivity index (χ3n) is 5.87. The normalized spacial score (nSPS) is 21.4. The van der Waals surface area contributed by atoms with Crippen LogP contribution < -0.4 is 5.32 Å². The lowest BCUT2D eigenvalue weighted by atomic mass is 9.87. The summed E-state index contributed by atoms with van der Waals surface area (Å²) in [5.74, 6) is 0.911. The minimum atomic E-state index is -3.38. The van der Waals surface area contributed by atoms with Crippen molar-refractivity contribution in [2.24, 2.45) is 11.3 Å². The number of rotatable bonds is 5. The molecule has 1 saturated carbocycles. The Hall–Kier alpha value is -2.26. The highest BCUT2D eigenvalue weighted by Crippen LogP contribution is 2.57. The number of nitrogens with zero attached hydrogens (tertiary/aromatic N) is 3. The van der Waals surface area contributed by atoms with Crippen LogP contribution in [0.3, 0.4) is 0 Å². The summed E-state index contributed by atoms with van der Waals surface area (Å²) in [4.78, 5) is 17.5. The first-order valence-corrected chi connectivity index (χ1v) is 11.6. The number of carbonyl (C=O) groups is 1. The molecule has 2 aliphatic rings. The fraction of sp³-hybridized carbons (Fsp3) is 0.550. The molecule has 4 rings (SSSR count). The molecule has 0 aliphatic heterocycles. The van der Waals surface area contributed by atoms with Crippen molar-refractivity contribution in [1.82, 2.24) is 20.1 Å². The molecule has 3 atom stereocenters. The van der Waals surface area contributed by atoms with Crippen LogP contribution in [0, 0.1) is 11.3 Å². The predicted molar refractivity (Wildman–Crippen MR) is 107 cm³/mol. The van der Waals surface area contributed by atoms with Crippen LogP contribution >= 0.6 is 0 Å². The zero-order valence-corrected chi connectivity index (χ0v) is 17.8. The molecule has 0 unspecified atom stereocenters. The first kappa shape index (κ1) is 20.0. The number of aliphatic hydroxyl groups excluding tert-OH is 1. The SMILES string of the molecule is CC(C)(C)[C@@H](CO)NC(=O)c1nn(-c2cc(S(C)(=O)=O)ccn2)c2c1C[C@H]1C[C@@H]21. The molecular weight excluding hydrogens is 392 g/mol. The lowest BCUT2D eigenvalue weighted by Gasteiger charge is -2.29. The Labute approximate surface area is 170 Å². The Morgan fingerprint density at radius 1 is 1.41 bits per heavy atom. The van der Waals surface area contributed by atoms with Crippen molar-refractivity contribution in [1.29, 1.82) is 0 Å². The Morgan fingerprint density at radius 2 is 2.14 bits per heavy atom. The summed E-state index contributed by atoms with van der Waals surface area (Å²) in [5, 5.41) is 17.1. The summed E-state index contributed by atoms with van der Waals surface area (Å²) in [7, 11) is -3.38. The molecule has 1 amide bonds. The Bertz CT molecular complexity index is 1080. The number of fused-ring (bicyclic) bond motifs is 3. The third-order valence-corrected chi connectivity index (χ3v) is 6.98. The van der Waals surface area contributed by atoms with Crippen LogP contribution in [0.1, 0.15) is 54.9 Å². The van der Waals surface area contributed by atoms with E-state index in [2.05, 4.69) is 15.4 Å². The molecule has 0 radical (unpaired) electrons. The van der Waals surface area contributed by atoms with E-state index in [1.54, 1.807) is 4.68 Å². The van der Waals surface area contributed by atoms with Crippen molar-refractivity contribution >= 4 is 15.7 Å². The van der Waals surface area contributed by atoms with Crippen molar-refractivity contribution in [3.8, 4) is 5.82 Å². The van der Waals surface area contributed by atoms with Crippen molar-refractivity contribution in [3.63, 3.8) is 0 Å². The van der Waals surface area contributed by atoms with Gasteiger partial charge in [0, 0.05) is 30.0 Å². The molecule has 2 N–H and O–H groups in total. The average Bonchev–Trinajstić information content (AvgIpc) is 3.13. The number of carbonyl (C=O) groups excluding carboxylic acids is 1. The minimum absolute atomic E-state index is 0.163. The van der Waals surface area contributed by atoms with E-state index in [4.69, 9.17) is 0 Å². The van der Waals surface area contributed by atoms with Crippen molar-refractivity contribution < 1.29 is 18.3 Å². The molecule has 2 heterocycles. The second-order valence-electron chi connectivity index (χ2n) is 9.13. The Balaban J connectivity index is 1.75. The lowest BCUT2D eigenvalue weighted by Crippen LogP contribution is -2.46. The highest BCUT2D eigenvalue weighted by atomic mass is 32.2. The lowest BCUT2D eigenvalue weighted by molar-refractivity contribution is 0.0841. The number of aliphatic hydroxyl groups is 1. The van der Waals surface area contributed by atoms with E-state index in [0.717, 1.165) is 30.4 Å². The van der Waals surface area contributed by atoms with E-state index >= 15 is 0 Å². The number of nitrogens with one attached hydrogen (secondary N) is 1. The number of pyridine rings is 1. The number of hydrogen-bond donors (Lipinski definition) is 2. The van der Waals surface area contributed by atoms with Gasteiger partial charge in [-0.15, -0.1) is 0 Å². The number of hydrogen-bond acceptors (Lipinski definition) is 6. The molecule has 156 valence electrons. The first-order chi connectivity index (χ1) is 13.5. The Kier molecular flexibility index (Phi) is 4.58. The first-order valence-electron chi connectivity index (χ1n) is 9.70. The largest absolute Gasteiger partial charge is 0.394 e. The van der Waals surface area contributed by atoms with Crippen LogP contribution in [-0.2, 0) is 16.3 Å². The number of aromatic nitrogens is 3. The summed E-state index contributed by atoms with van der Waals surface area (Å²) in [6.07, 6.45) is 4.43. The highest BCUT2D eigenvalue weighted by molar-refractivity contribution is 7.90. The molecular formula is C20H26N4O4S. The Morgan fingerprint density at radius 3 is 2.76 bits per heavy atom. The monoisotopic (exact) mass is 418 g/mol. The van der Waals surface area contributed by atoms with Crippen molar-refractivity contribution in [2.45, 2.75) is 50.5 Å². The van der Waals surface area contributed by atoms with Crippen LogP contribution in [0.2, 0.25) is 0 Å². The van der Waals surface area contributed by atoms with Gasteiger partial charge in [0.25, 0.3) is 5.91 Å². The average molecular weight is 419 g/mol. The van der Waals surface area contributed by atoms with Crippen LogP contribution in [0.15, 0.2) is 23.2 Å². The van der Waals surface area contributed by atoms with Gasteiger partial charge in [0.1, 0.15) is 0 Å². The molecule has 1 fully saturated rings. The number of sulfone groups is 1. The molecule has 2 aromatic heterocycles. The van der Waals surface area contributed by atoms with Gasteiger partial charge in [0.15, 0.2) is 21.3 Å². The third kappa shape index (κ3) is 3.57. The van der Waals surface area contributed by atoms with Gasteiger partial charge in [0.2, 0.25) is 0 Å². The van der Waals surface area contributed by atoms with Gasteiger partial charge >= 0.3 is 0 Å². The molecule has 8 nitrogen and oxygen atoms in total. The standard InChI is InChI=1S/C20H26N4O4S/c1-20(2,3)15(10-25)22-19(26)17-14-8-11-7-13(11)18(14)24(23-17)16-9-12(5-6-21-16)29(4,27)28/h5-6,9,11,13,15,25H,7-8,10H2,1-4H3,(H,22,26)/t11-,13-,15-/m1/s1. The van der Waals surface area contributed by atoms with Gasteiger partial charge in [-0.05, 0) is 30.2 Å². The maximum Gasteiger partial charge on any atom is 0.272 e. The fourth-order valence-corrected chi connectivity index (χ4v) is 4.61. The highest BCUT2D eigenvalue weighted by Gasteiger charge is 2.50. The topological polar surface area (TPSA) is 114 Å². The van der Waals surface area contributed by atoms with Crippen LogP contribution in [0.5, 0.6) is 0 Å². The maximum atomic E-state index is 13.0. The summed E-state index contributed by atoms with van der Waals surface area (Å²) in [6, 6.07) is 2.54. The molecule has 9 heteroatoms. The second-order valence-corrected chi connectivity index (χ2v) is 11.1. The summed E-state index contributed by atoms with van der Waals surface area (Å²) < 4.78 is 25.5. The van der Waals surface area contributed by atoms with E-state index < -0.39 is 15.9 Å². The van der Waals surface area contributed by atoms with E-state index in [1.165, 1.54) is 18.3 Å². The summed E-state index contributed by atoms with van der Waals surface area (Å²) in [5.41, 5.74) is 1.89. The fourth-order valence-electron chi connectivity index (χ4n) is 3.98. The van der Waals surface area contributed by atoms with Crippen molar-refractivity contribution in [2.75, 3.05) is 12.9 Å².